The third-order valence-electron chi connectivity index (χ3n) is 5.64. The number of aliphatic imine (C=N–C) groups is 1. The highest BCUT2D eigenvalue weighted by atomic mass is 35.5. The maximum absolute atomic E-state index is 12.8. The van der Waals surface area contributed by atoms with E-state index in [1.165, 1.54) is 19.2 Å². The fourth-order valence-electron chi connectivity index (χ4n) is 3.39. The molecule has 0 radical (unpaired) electrons. The first-order valence-corrected chi connectivity index (χ1v) is 12.2. The number of amides is 4. The number of imide groups is 1. The molecule has 12 heteroatoms. The normalized spacial score (nSPS) is 13.1. The van der Waals surface area contributed by atoms with E-state index >= 15 is 0 Å². The van der Waals surface area contributed by atoms with Crippen molar-refractivity contribution in [1.29, 1.82) is 0 Å². The summed E-state index contributed by atoms with van der Waals surface area (Å²) >= 11 is 5.81. The molecular formula is C27H29ClFN5O5. The average molecular weight is 558 g/mol. The second kappa shape index (κ2) is 14.2. The summed E-state index contributed by atoms with van der Waals surface area (Å²) in [6.07, 6.45) is 0. The Labute approximate surface area is 230 Å². The number of carbonyl (C=O) groups excluding carboxylic acids is 2. The highest BCUT2D eigenvalue weighted by Crippen LogP contribution is 2.28. The summed E-state index contributed by atoms with van der Waals surface area (Å²) < 4.78 is 23.2. The number of aliphatic hydroxyl groups excluding tert-OH is 1. The van der Waals surface area contributed by atoms with Gasteiger partial charge in [0.1, 0.15) is 5.75 Å². The molecule has 0 aliphatic carbocycles. The highest BCUT2D eigenvalue weighted by molar-refractivity contribution is 6.30. The highest BCUT2D eigenvalue weighted by Gasteiger charge is 2.42. The van der Waals surface area contributed by atoms with Gasteiger partial charge in [-0.2, -0.15) is 9.37 Å². The van der Waals surface area contributed by atoms with E-state index < -0.39 is 23.4 Å². The van der Waals surface area contributed by atoms with Gasteiger partial charge in [-0.15, -0.1) is 0 Å². The average Bonchev–Trinajstić information content (AvgIpc) is 2.93. The lowest BCUT2D eigenvalue weighted by Crippen LogP contribution is -2.58. The van der Waals surface area contributed by atoms with Crippen LogP contribution in [0.5, 0.6) is 11.6 Å². The molecule has 1 aliphatic heterocycles. The Balaban J connectivity index is 0.000000230. The Hall–Kier alpha value is -4.06. The minimum absolute atomic E-state index is 0.0929. The number of nitrogens with one attached hydrogen (secondary N) is 2. The molecule has 39 heavy (non-hydrogen) atoms. The number of nitrogens with zero attached hydrogens (tertiary/aromatic N) is 3. The molecular weight excluding hydrogens is 529 g/mol. The van der Waals surface area contributed by atoms with Crippen molar-refractivity contribution >= 4 is 36.1 Å². The van der Waals surface area contributed by atoms with Crippen molar-refractivity contribution in [3.63, 3.8) is 0 Å². The van der Waals surface area contributed by atoms with Crippen LogP contribution in [0.1, 0.15) is 5.56 Å². The molecule has 0 saturated carbocycles. The van der Waals surface area contributed by atoms with Crippen LogP contribution < -0.4 is 15.4 Å². The lowest BCUT2D eigenvalue weighted by Gasteiger charge is -2.42. The Morgan fingerprint density at radius 1 is 1.15 bits per heavy atom. The molecule has 3 N–H and O–H groups in total. The van der Waals surface area contributed by atoms with Gasteiger partial charge < -0.3 is 25.2 Å². The number of pyridine rings is 1. The summed E-state index contributed by atoms with van der Waals surface area (Å²) in [5, 5.41) is 15.2. The standard InChI is InChI=1S/C15H20ClN3O4.C12H9FN2O/c1-17-13(21)19(7-15(8-20)9-23-10-15)14(22)18-6-11-2-4-12(16)5-3-11;1-14-9-5-7-10(8-6-9)16-12-4-2-3-11(13)15-12/h2-5,20H,6-10H2,1H3,(H,17,21)(H,18,22);2-8H,1H2. The van der Waals surface area contributed by atoms with Gasteiger partial charge in [0.25, 0.3) is 0 Å². The Morgan fingerprint density at radius 3 is 2.38 bits per heavy atom. The van der Waals surface area contributed by atoms with Crippen molar-refractivity contribution < 1.29 is 28.6 Å². The Kier molecular flexibility index (Phi) is 10.7. The van der Waals surface area contributed by atoms with Gasteiger partial charge in [0, 0.05) is 31.2 Å². The van der Waals surface area contributed by atoms with E-state index in [1.54, 1.807) is 54.6 Å². The van der Waals surface area contributed by atoms with Gasteiger partial charge in [-0.05, 0) is 54.7 Å². The number of ether oxygens (including phenoxy) is 2. The number of aromatic nitrogens is 1. The lowest BCUT2D eigenvalue weighted by molar-refractivity contribution is -0.140. The van der Waals surface area contributed by atoms with E-state index in [0.29, 0.717) is 24.0 Å². The van der Waals surface area contributed by atoms with Crippen molar-refractivity contribution in [3.05, 3.63) is 83.3 Å². The number of rotatable bonds is 8. The van der Waals surface area contributed by atoms with Crippen molar-refractivity contribution in [2.45, 2.75) is 6.54 Å². The van der Waals surface area contributed by atoms with Crippen LogP contribution >= 0.6 is 11.6 Å². The van der Waals surface area contributed by atoms with Gasteiger partial charge >= 0.3 is 12.1 Å². The van der Waals surface area contributed by atoms with Crippen LogP contribution in [0, 0.1) is 11.4 Å². The first kappa shape index (κ1) is 29.5. The molecule has 1 saturated heterocycles. The van der Waals surface area contributed by atoms with E-state index in [1.807, 2.05) is 0 Å². The van der Waals surface area contributed by atoms with Gasteiger partial charge in [0.15, 0.2) is 0 Å². The van der Waals surface area contributed by atoms with Crippen LogP contribution in [0.4, 0.5) is 19.7 Å². The smallest absolute Gasteiger partial charge is 0.325 e. The molecule has 0 spiro atoms. The lowest BCUT2D eigenvalue weighted by atomic mass is 9.86. The van der Waals surface area contributed by atoms with Crippen LogP contribution in [-0.2, 0) is 11.3 Å². The molecule has 3 aromatic rings. The minimum atomic E-state index is -0.579. The second-order valence-corrected chi connectivity index (χ2v) is 9.07. The molecule has 0 unspecified atom stereocenters. The molecule has 2 aromatic carbocycles. The van der Waals surface area contributed by atoms with Crippen LogP contribution in [0.3, 0.4) is 0 Å². The van der Waals surface area contributed by atoms with Gasteiger partial charge in [-0.25, -0.2) is 14.5 Å². The maximum Gasteiger partial charge on any atom is 0.325 e. The molecule has 10 nitrogen and oxygen atoms in total. The fraction of sp³-hybridized carbons (Fsp3) is 0.259. The molecule has 1 aliphatic rings. The third-order valence-corrected chi connectivity index (χ3v) is 5.89. The van der Waals surface area contributed by atoms with E-state index in [2.05, 4.69) is 27.3 Å². The van der Waals surface area contributed by atoms with Gasteiger partial charge in [0.2, 0.25) is 11.8 Å². The molecule has 0 atom stereocenters. The minimum Gasteiger partial charge on any atom is -0.439 e. The molecule has 2 heterocycles. The maximum atomic E-state index is 12.8. The molecule has 1 fully saturated rings. The number of hydrogen-bond acceptors (Lipinski definition) is 7. The van der Waals surface area contributed by atoms with E-state index in [9.17, 15) is 19.1 Å². The first-order chi connectivity index (χ1) is 18.8. The first-order valence-electron chi connectivity index (χ1n) is 11.8. The summed E-state index contributed by atoms with van der Waals surface area (Å²) in [4.78, 5) is 32.7. The van der Waals surface area contributed by atoms with Crippen molar-refractivity contribution in [2.75, 3.05) is 33.4 Å². The SMILES string of the molecule is C=Nc1ccc(Oc2cccc(F)n2)cc1.CNC(=O)N(CC1(CO)COC1)C(=O)NCc1ccc(Cl)cc1. The zero-order chi connectivity index (χ0) is 28.3. The fourth-order valence-corrected chi connectivity index (χ4v) is 3.52. The summed E-state index contributed by atoms with van der Waals surface area (Å²) in [5.41, 5.74) is 1.03. The molecule has 4 rings (SSSR count). The molecule has 4 amide bonds. The third kappa shape index (κ3) is 8.74. The summed E-state index contributed by atoms with van der Waals surface area (Å²) in [6.45, 7) is 4.26. The number of hydrogen-bond donors (Lipinski definition) is 3. The van der Waals surface area contributed by atoms with Crippen LogP contribution in [0.2, 0.25) is 5.02 Å². The molecule has 1 aromatic heterocycles. The van der Waals surface area contributed by atoms with Crippen molar-refractivity contribution in [1.82, 2.24) is 20.5 Å². The van der Waals surface area contributed by atoms with E-state index in [-0.39, 0.29) is 25.6 Å². The van der Waals surface area contributed by atoms with Crippen LogP contribution in [0.25, 0.3) is 0 Å². The Morgan fingerprint density at radius 2 is 1.85 bits per heavy atom. The number of benzene rings is 2. The summed E-state index contributed by atoms with van der Waals surface area (Å²) in [7, 11) is 1.45. The largest absolute Gasteiger partial charge is 0.439 e. The predicted molar refractivity (Wildman–Crippen MR) is 145 cm³/mol. The van der Waals surface area contributed by atoms with Crippen molar-refractivity contribution in [3.8, 4) is 11.6 Å². The van der Waals surface area contributed by atoms with Crippen LogP contribution in [-0.4, -0.2) is 67.2 Å². The molecule has 0 bridgehead atoms. The Bertz CT molecular complexity index is 1250. The van der Waals surface area contributed by atoms with Crippen LogP contribution in [0.15, 0.2) is 71.7 Å². The van der Waals surface area contributed by atoms with Crippen molar-refractivity contribution in [2.24, 2.45) is 10.4 Å². The van der Waals surface area contributed by atoms with Gasteiger partial charge in [0.05, 0.1) is 30.9 Å². The number of urea groups is 2. The predicted octanol–water partition coefficient (Wildman–Crippen LogP) is 4.55. The number of halogens is 2. The number of carbonyl (C=O) groups is 2. The van der Waals surface area contributed by atoms with Gasteiger partial charge in [-0.1, -0.05) is 29.8 Å². The zero-order valence-corrected chi connectivity index (χ0v) is 22.0. The molecule has 206 valence electrons. The monoisotopic (exact) mass is 557 g/mol. The van der Waals surface area contributed by atoms with E-state index in [4.69, 9.17) is 21.1 Å². The number of aliphatic hydroxyl groups is 1. The van der Waals surface area contributed by atoms with Gasteiger partial charge in [-0.3, -0.25) is 4.99 Å². The zero-order valence-electron chi connectivity index (χ0n) is 21.3. The quantitative estimate of drug-likeness (QED) is 0.276. The summed E-state index contributed by atoms with van der Waals surface area (Å²) in [6, 6.07) is 17.3. The topological polar surface area (TPSA) is 125 Å². The second-order valence-electron chi connectivity index (χ2n) is 8.63. The van der Waals surface area contributed by atoms with E-state index in [0.717, 1.165) is 16.2 Å². The summed E-state index contributed by atoms with van der Waals surface area (Å²) in [5.74, 6) is 0.228.